The number of nitrogens with zero attached hydrogens (tertiary/aromatic N) is 4. The quantitative estimate of drug-likeness (QED) is 0.469. The Kier molecular flexibility index (Phi) is 6.07. The zero-order chi connectivity index (χ0) is 22.5. The summed E-state index contributed by atoms with van der Waals surface area (Å²) in [5.41, 5.74) is 2.28. The Bertz CT molecular complexity index is 1250. The summed E-state index contributed by atoms with van der Waals surface area (Å²) in [6.45, 7) is 0.370. The highest BCUT2D eigenvalue weighted by molar-refractivity contribution is 6.03. The van der Waals surface area contributed by atoms with Crippen molar-refractivity contribution in [2.24, 2.45) is 7.05 Å². The van der Waals surface area contributed by atoms with Crippen LogP contribution < -0.4 is 10.6 Å². The van der Waals surface area contributed by atoms with Crippen LogP contribution >= 0.6 is 0 Å². The topological polar surface area (TPSA) is 93.8 Å². The fourth-order valence-electron chi connectivity index (χ4n) is 3.20. The van der Waals surface area contributed by atoms with Gasteiger partial charge in [-0.05, 0) is 23.3 Å². The number of hydrogen-bond acceptors (Lipinski definition) is 4. The Morgan fingerprint density at radius 2 is 1.78 bits per heavy atom. The highest BCUT2D eigenvalue weighted by atomic mass is 19.1. The minimum atomic E-state index is -0.436. The van der Waals surface area contributed by atoms with Crippen molar-refractivity contribution in [3.05, 3.63) is 95.7 Å². The van der Waals surface area contributed by atoms with Gasteiger partial charge in [0.1, 0.15) is 11.6 Å². The summed E-state index contributed by atoms with van der Waals surface area (Å²) in [5.74, 6) is -0.540. The monoisotopic (exact) mass is 432 g/mol. The van der Waals surface area contributed by atoms with Crippen molar-refractivity contribution in [2.45, 2.75) is 13.0 Å². The van der Waals surface area contributed by atoms with Crippen LogP contribution in [0.15, 0.2) is 73.1 Å². The van der Waals surface area contributed by atoms with E-state index in [1.807, 2.05) is 30.3 Å². The zero-order valence-electron chi connectivity index (χ0n) is 17.3. The lowest BCUT2D eigenvalue weighted by Gasteiger charge is -2.04. The van der Waals surface area contributed by atoms with E-state index in [0.29, 0.717) is 18.1 Å². The van der Waals surface area contributed by atoms with Crippen molar-refractivity contribution in [1.82, 2.24) is 19.6 Å². The van der Waals surface area contributed by atoms with E-state index in [4.69, 9.17) is 0 Å². The number of halogens is 1. The minimum Gasteiger partial charge on any atom is -0.318 e. The van der Waals surface area contributed by atoms with Gasteiger partial charge >= 0.3 is 0 Å². The van der Waals surface area contributed by atoms with Gasteiger partial charge in [-0.25, -0.2) is 4.39 Å². The summed E-state index contributed by atoms with van der Waals surface area (Å²) < 4.78 is 16.4. The molecule has 0 aliphatic carbocycles. The van der Waals surface area contributed by atoms with Gasteiger partial charge in [0.2, 0.25) is 5.91 Å². The average molecular weight is 432 g/mol. The highest BCUT2D eigenvalue weighted by Gasteiger charge is 2.15. The predicted octanol–water partition coefficient (Wildman–Crippen LogP) is 3.24. The molecule has 0 aliphatic rings. The van der Waals surface area contributed by atoms with E-state index in [1.54, 1.807) is 30.1 Å². The lowest BCUT2D eigenvalue weighted by atomic mass is 10.1. The molecule has 0 bridgehead atoms. The smallest absolute Gasteiger partial charge is 0.276 e. The summed E-state index contributed by atoms with van der Waals surface area (Å²) >= 11 is 0. The lowest BCUT2D eigenvalue weighted by Crippen LogP contribution is -2.16. The molecule has 4 rings (SSSR count). The second-order valence-electron chi connectivity index (χ2n) is 7.26. The maximum absolute atomic E-state index is 13.3. The Labute approximate surface area is 183 Å². The molecule has 2 N–H and O–H groups in total. The number of anilines is 2. The third kappa shape index (κ3) is 5.25. The first kappa shape index (κ1) is 21.0. The molecular weight excluding hydrogens is 411 g/mol. The van der Waals surface area contributed by atoms with Crippen molar-refractivity contribution in [2.75, 3.05) is 10.6 Å². The van der Waals surface area contributed by atoms with Crippen molar-refractivity contribution >= 4 is 23.3 Å². The van der Waals surface area contributed by atoms with Crippen LogP contribution in [0.2, 0.25) is 0 Å². The van der Waals surface area contributed by atoms with Gasteiger partial charge in [-0.1, -0.05) is 42.5 Å². The van der Waals surface area contributed by atoms with Crippen LogP contribution in [0.25, 0.3) is 0 Å². The van der Waals surface area contributed by atoms with E-state index in [1.165, 1.54) is 29.1 Å². The zero-order valence-corrected chi connectivity index (χ0v) is 17.3. The Hall–Kier alpha value is -4.27. The van der Waals surface area contributed by atoms with Crippen LogP contribution in [0.3, 0.4) is 0 Å². The molecule has 0 saturated carbocycles. The molecule has 2 heterocycles. The fourth-order valence-corrected chi connectivity index (χ4v) is 3.20. The van der Waals surface area contributed by atoms with Gasteiger partial charge in [0.25, 0.3) is 5.91 Å². The number of carbonyl (C=O) groups is 2. The molecule has 9 heteroatoms. The van der Waals surface area contributed by atoms with Gasteiger partial charge in [0, 0.05) is 19.3 Å². The van der Waals surface area contributed by atoms with Crippen LogP contribution in [0, 0.1) is 5.82 Å². The van der Waals surface area contributed by atoms with E-state index in [2.05, 4.69) is 20.8 Å². The SMILES string of the molecule is Cn1nc(C(=O)Nc2cnn(Cc3cccc(F)c3)c2)cc1NC(=O)Cc1ccccc1. The number of aromatic nitrogens is 4. The molecule has 32 heavy (non-hydrogen) atoms. The Balaban J connectivity index is 1.37. The van der Waals surface area contributed by atoms with E-state index >= 15 is 0 Å². The van der Waals surface area contributed by atoms with E-state index in [-0.39, 0.29) is 23.8 Å². The summed E-state index contributed by atoms with van der Waals surface area (Å²) in [6.07, 6.45) is 3.37. The van der Waals surface area contributed by atoms with E-state index in [9.17, 15) is 14.0 Å². The maximum atomic E-state index is 13.3. The number of hydrogen-bond donors (Lipinski definition) is 2. The number of benzene rings is 2. The first-order valence-corrected chi connectivity index (χ1v) is 9.92. The molecule has 0 radical (unpaired) electrons. The van der Waals surface area contributed by atoms with E-state index < -0.39 is 5.91 Å². The third-order valence-corrected chi connectivity index (χ3v) is 4.71. The molecule has 0 saturated heterocycles. The molecule has 0 aliphatic heterocycles. The van der Waals surface area contributed by atoms with Crippen LogP contribution in [-0.2, 0) is 24.8 Å². The van der Waals surface area contributed by atoms with Gasteiger partial charge < -0.3 is 10.6 Å². The molecule has 2 aromatic carbocycles. The maximum Gasteiger partial charge on any atom is 0.276 e. The summed E-state index contributed by atoms with van der Waals surface area (Å²) in [4.78, 5) is 24.9. The number of aryl methyl sites for hydroxylation is 1. The normalized spacial score (nSPS) is 10.7. The second kappa shape index (κ2) is 9.25. The van der Waals surface area contributed by atoms with Crippen LogP contribution in [0.5, 0.6) is 0 Å². The van der Waals surface area contributed by atoms with Crippen molar-refractivity contribution in [3.8, 4) is 0 Å². The van der Waals surface area contributed by atoms with Crippen LogP contribution in [0.1, 0.15) is 21.6 Å². The highest BCUT2D eigenvalue weighted by Crippen LogP contribution is 2.14. The predicted molar refractivity (Wildman–Crippen MR) is 118 cm³/mol. The molecule has 8 nitrogen and oxygen atoms in total. The Morgan fingerprint density at radius 3 is 2.56 bits per heavy atom. The molecule has 0 fully saturated rings. The van der Waals surface area contributed by atoms with Crippen LogP contribution in [-0.4, -0.2) is 31.4 Å². The summed E-state index contributed by atoms with van der Waals surface area (Å²) in [7, 11) is 1.64. The van der Waals surface area contributed by atoms with Crippen molar-refractivity contribution < 1.29 is 14.0 Å². The van der Waals surface area contributed by atoms with Gasteiger partial charge in [0.05, 0.1) is 24.8 Å². The molecule has 0 unspecified atom stereocenters. The molecule has 2 amide bonds. The van der Waals surface area contributed by atoms with Gasteiger partial charge in [0.15, 0.2) is 5.69 Å². The van der Waals surface area contributed by atoms with Crippen LogP contribution in [0.4, 0.5) is 15.9 Å². The number of carbonyl (C=O) groups excluding carboxylic acids is 2. The average Bonchev–Trinajstić information content (AvgIpc) is 3.35. The molecule has 2 aromatic heterocycles. The van der Waals surface area contributed by atoms with E-state index in [0.717, 1.165) is 11.1 Å². The first-order chi connectivity index (χ1) is 15.5. The summed E-state index contributed by atoms with van der Waals surface area (Å²) in [5, 5.41) is 13.9. The summed E-state index contributed by atoms with van der Waals surface area (Å²) in [6, 6.07) is 17.1. The number of rotatable bonds is 7. The standard InChI is InChI=1S/C23H21FN6O2/c1-29-21(27-22(31)11-16-6-3-2-4-7-16)12-20(28-29)23(32)26-19-13-25-30(15-19)14-17-8-5-9-18(24)10-17/h2-10,12-13,15H,11,14H2,1H3,(H,26,32)(H,27,31). The number of amides is 2. The Morgan fingerprint density at radius 1 is 1.00 bits per heavy atom. The molecular formula is C23H21FN6O2. The fraction of sp³-hybridized carbons (Fsp3) is 0.130. The largest absolute Gasteiger partial charge is 0.318 e. The third-order valence-electron chi connectivity index (χ3n) is 4.71. The van der Waals surface area contributed by atoms with Gasteiger partial charge in [-0.2, -0.15) is 10.2 Å². The lowest BCUT2D eigenvalue weighted by molar-refractivity contribution is -0.115. The number of nitrogens with one attached hydrogen (secondary N) is 2. The molecule has 0 atom stereocenters. The molecule has 4 aromatic rings. The van der Waals surface area contributed by atoms with Crippen molar-refractivity contribution in [3.63, 3.8) is 0 Å². The molecule has 0 spiro atoms. The van der Waals surface area contributed by atoms with Crippen molar-refractivity contribution in [1.29, 1.82) is 0 Å². The second-order valence-corrected chi connectivity index (χ2v) is 7.26. The van der Waals surface area contributed by atoms with Gasteiger partial charge in [-0.15, -0.1) is 0 Å². The minimum absolute atomic E-state index is 0.153. The molecule has 162 valence electrons. The van der Waals surface area contributed by atoms with Gasteiger partial charge in [-0.3, -0.25) is 19.0 Å². The first-order valence-electron chi connectivity index (χ1n) is 9.92.